The standard InChI is InChI=1S/C24H26N4O3S/c29-24(13-15-25-32(30,31)17-14-19-6-2-1-3-7-19)26-21-11-9-20(10-12-21)22-18-28-16-5-4-8-23(28)27-22/h1-3,6-7,9-12,14,17-18,25H,4-5,8,13,15-16H2,(H,26,29)/b17-14+. The summed E-state index contributed by atoms with van der Waals surface area (Å²) in [7, 11) is -3.61. The Morgan fingerprint density at radius 3 is 2.59 bits per heavy atom. The van der Waals surface area contributed by atoms with Gasteiger partial charge >= 0.3 is 0 Å². The van der Waals surface area contributed by atoms with Crippen LogP contribution in [-0.4, -0.2) is 30.4 Å². The first-order valence-electron chi connectivity index (χ1n) is 10.7. The fourth-order valence-electron chi connectivity index (χ4n) is 3.59. The lowest BCUT2D eigenvalue weighted by Crippen LogP contribution is -2.26. The molecule has 0 aliphatic carbocycles. The third-order valence-electron chi connectivity index (χ3n) is 5.27. The van der Waals surface area contributed by atoms with Crippen molar-refractivity contribution in [3.63, 3.8) is 0 Å². The maximum absolute atomic E-state index is 12.2. The van der Waals surface area contributed by atoms with Gasteiger partial charge in [0.2, 0.25) is 15.9 Å². The van der Waals surface area contributed by atoms with Gasteiger partial charge in [0.05, 0.1) is 5.69 Å². The second-order valence-electron chi connectivity index (χ2n) is 7.72. The molecule has 0 radical (unpaired) electrons. The molecule has 0 saturated heterocycles. The molecule has 7 nitrogen and oxygen atoms in total. The van der Waals surface area contributed by atoms with Gasteiger partial charge in [0.1, 0.15) is 5.82 Å². The molecule has 4 rings (SSSR count). The minimum Gasteiger partial charge on any atom is -0.334 e. The van der Waals surface area contributed by atoms with E-state index < -0.39 is 10.0 Å². The molecule has 1 aliphatic heterocycles. The van der Waals surface area contributed by atoms with E-state index in [0.717, 1.165) is 41.0 Å². The first-order valence-corrected chi connectivity index (χ1v) is 12.2. The molecule has 0 spiro atoms. The number of carbonyl (C=O) groups is 1. The highest BCUT2D eigenvalue weighted by Gasteiger charge is 2.13. The normalized spacial score (nSPS) is 13.8. The third-order valence-corrected chi connectivity index (χ3v) is 6.37. The maximum Gasteiger partial charge on any atom is 0.233 e. The van der Waals surface area contributed by atoms with Crippen LogP contribution in [0.1, 0.15) is 30.7 Å². The van der Waals surface area contributed by atoms with Gasteiger partial charge in [-0.3, -0.25) is 4.79 Å². The summed E-state index contributed by atoms with van der Waals surface area (Å²) in [5.41, 5.74) is 3.39. The molecule has 1 amide bonds. The number of hydrogen-bond acceptors (Lipinski definition) is 4. The lowest BCUT2D eigenvalue weighted by atomic mass is 10.1. The van der Waals surface area contributed by atoms with Crippen molar-refractivity contribution < 1.29 is 13.2 Å². The zero-order chi connectivity index (χ0) is 22.4. The smallest absolute Gasteiger partial charge is 0.233 e. The molecular weight excluding hydrogens is 424 g/mol. The molecule has 2 N–H and O–H groups in total. The average molecular weight is 451 g/mol. The Morgan fingerprint density at radius 1 is 1.06 bits per heavy atom. The predicted octanol–water partition coefficient (Wildman–Crippen LogP) is 3.81. The van der Waals surface area contributed by atoms with Crippen LogP contribution >= 0.6 is 0 Å². The molecule has 2 aromatic carbocycles. The maximum atomic E-state index is 12.2. The summed E-state index contributed by atoms with van der Waals surface area (Å²) in [5, 5.41) is 3.90. The minimum absolute atomic E-state index is 0.0194. The molecule has 2 heterocycles. The van der Waals surface area contributed by atoms with E-state index >= 15 is 0 Å². The number of aryl methyl sites for hydroxylation is 2. The molecule has 1 aliphatic rings. The molecule has 8 heteroatoms. The van der Waals surface area contributed by atoms with E-state index in [4.69, 9.17) is 4.98 Å². The average Bonchev–Trinajstić information content (AvgIpc) is 3.23. The zero-order valence-electron chi connectivity index (χ0n) is 17.7. The lowest BCUT2D eigenvalue weighted by molar-refractivity contribution is -0.116. The second kappa shape index (κ2) is 9.93. The summed E-state index contributed by atoms with van der Waals surface area (Å²) in [5.74, 6) is 0.870. The van der Waals surface area contributed by atoms with Crippen LogP contribution in [-0.2, 0) is 27.8 Å². The molecule has 166 valence electrons. The van der Waals surface area contributed by atoms with Gasteiger partial charge < -0.3 is 9.88 Å². The molecular formula is C24H26N4O3S. The summed E-state index contributed by atoms with van der Waals surface area (Å²) in [6.45, 7) is 1.04. The number of sulfonamides is 1. The molecule has 0 bridgehead atoms. The van der Waals surface area contributed by atoms with E-state index in [0.29, 0.717) is 5.69 Å². The Kier molecular flexibility index (Phi) is 6.82. The van der Waals surface area contributed by atoms with E-state index in [2.05, 4.69) is 20.8 Å². The summed E-state index contributed by atoms with van der Waals surface area (Å²) in [6.07, 6.45) is 7.02. The molecule has 3 aromatic rings. The van der Waals surface area contributed by atoms with E-state index in [1.54, 1.807) is 0 Å². The largest absolute Gasteiger partial charge is 0.334 e. The van der Waals surface area contributed by atoms with Crippen LogP contribution in [0.2, 0.25) is 0 Å². The number of amides is 1. The molecule has 1 aromatic heterocycles. The number of carbonyl (C=O) groups excluding carboxylic acids is 1. The van der Waals surface area contributed by atoms with Crippen LogP contribution in [0.15, 0.2) is 66.2 Å². The highest BCUT2D eigenvalue weighted by molar-refractivity contribution is 7.92. The SMILES string of the molecule is O=C(CCNS(=O)(=O)/C=C/c1ccccc1)Nc1ccc(-c2cn3c(n2)CCCC3)cc1. The Balaban J connectivity index is 1.26. The van der Waals surface area contributed by atoms with Crippen molar-refractivity contribution >= 4 is 27.7 Å². The van der Waals surface area contributed by atoms with Crippen molar-refractivity contribution in [1.82, 2.24) is 14.3 Å². The number of rotatable bonds is 8. The molecule has 32 heavy (non-hydrogen) atoms. The van der Waals surface area contributed by atoms with Crippen LogP contribution in [0.5, 0.6) is 0 Å². The number of nitrogens with zero attached hydrogens (tertiary/aromatic N) is 2. The fraction of sp³-hybridized carbons (Fsp3) is 0.250. The van der Waals surface area contributed by atoms with Crippen molar-refractivity contribution in [3.8, 4) is 11.3 Å². The molecule has 0 fully saturated rings. The molecule has 0 unspecified atom stereocenters. The van der Waals surface area contributed by atoms with Gasteiger partial charge in [-0.15, -0.1) is 0 Å². The monoisotopic (exact) mass is 450 g/mol. The highest BCUT2D eigenvalue weighted by Crippen LogP contribution is 2.24. The predicted molar refractivity (Wildman–Crippen MR) is 126 cm³/mol. The summed E-state index contributed by atoms with van der Waals surface area (Å²) >= 11 is 0. The van der Waals surface area contributed by atoms with Gasteiger partial charge in [-0.1, -0.05) is 42.5 Å². The Morgan fingerprint density at radius 2 is 1.84 bits per heavy atom. The highest BCUT2D eigenvalue weighted by atomic mass is 32.2. The summed E-state index contributed by atoms with van der Waals surface area (Å²) in [6, 6.07) is 16.7. The van der Waals surface area contributed by atoms with Crippen LogP contribution in [0, 0.1) is 0 Å². The topological polar surface area (TPSA) is 93.1 Å². The van der Waals surface area contributed by atoms with E-state index in [1.165, 1.54) is 18.9 Å². The van der Waals surface area contributed by atoms with Crippen molar-refractivity contribution in [2.45, 2.75) is 32.2 Å². The first-order chi connectivity index (χ1) is 15.5. The van der Waals surface area contributed by atoms with Gasteiger partial charge in [0.25, 0.3) is 0 Å². The Labute approximate surface area is 188 Å². The minimum atomic E-state index is -3.61. The van der Waals surface area contributed by atoms with E-state index in [-0.39, 0.29) is 18.9 Å². The summed E-state index contributed by atoms with van der Waals surface area (Å²) in [4.78, 5) is 16.9. The van der Waals surface area contributed by atoms with Crippen LogP contribution in [0.25, 0.3) is 17.3 Å². The second-order valence-corrected chi connectivity index (χ2v) is 9.37. The third kappa shape index (κ3) is 5.93. The zero-order valence-corrected chi connectivity index (χ0v) is 18.5. The van der Waals surface area contributed by atoms with Crippen molar-refractivity contribution in [1.29, 1.82) is 0 Å². The van der Waals surface area contributed by atoms with Crippen LogP contribution < -0.4 is 10.0 Å². The van der Waals surface area contributed by atoms with Gasteiger partial charge in [-0.2, -0.15) is 0 Å². The van der Waals surface area contributed by atoms with Gasteiger partial charge in [0, 0.05) is 48.8 Å². The Bertz CT molecular complexity index is 1180. The number of aromatic nitrogens is 2. The van der Waals surface area contributed by atoms with Crippen molar-refractivity contribution in [2.24, 2.45) is 0 Å². The first kappa shape index (κ1) is 22.0. The van der Waals surface area contributed by atoms with E-state index in [9.17, 15) is 13.2 Å². The summed E-state index contributed by atoms with van der Waals surface area (Å²) < 4.78 is 28.7. The van der Waals surface area contributed by atoms with Crippen LogP contribution in [0.4, 0.5) is 5.69 Å². The number of fused-ring (bicyclic) bond motifs is 1. The quantitative estimate of drug-likeness (QED) is 0.546. The number of benzene rings is 2. The van der Waals surface area contributed by atoms with Gasteiger partial charge in [-0.25, -0.2) is 18.1 Å². The lowest BCUT2D eigenvalue weighted by Gasteiger charge is -2.11. The molecule has 0 saturated carbocycles. The molecule has 0 atom stereocenters. The fourth-order valence-corrected chi connectivity index (χ4v) is 4.41. The van der Waals surface area contributed by atoms with E-state index in [1.807, 2.05) is 54.6 Å². The van der Waals surface area contributed by atoms with Gasteiger partial charge in [-0.05, 0) is 36.6 Å². The van der Waals surface area contributed by atoms with Crippen molar-refractivity contribution in [3.05, 3.63) is 77.6 Å². The van der Waals surface area contributed by atoms with Crippen LogP contribution in [0.3, 0.4) is 0 Å². The number of hydrogen-bond donors (Lipinski definition) is 2. The van der Waals surface area contributed by atoms with Gasteiger partial charge in [0.15, 0.2) is 0 Å². The Hall–Kier alpha value is -3.23. The number of imidazole rings is 1. The number of anilines is 1. The van der Waals surface area contributed by atoms with Crippen molar-refractivity contribution in [2.75, 3.05) is 11.9 Å². The number of nitrogens with one attached hydrogen (secondary N) is 2.